The van der Waals surface area contributed by atoms with E-state index in [1.165, 1.54) is 41.6 Å². The molecule has 0 bridgehead atoms. The van der Waals surface area contributed by atoms with Crippen molar-refractivity contribution in [3.8, 4) is 0 Å². The molecule has 5 rings (SSSR count). The Hall–Kier alpha value is -2.53. The van der Waals surface area contributed by atoms with E-state index >= 15 is 0 Å². The lowest BCUT2D eigenvalue weighted by molar-refractivity contribution is -0.119. The number of Topliss-reactive ketones (excluding diaryl/α,β-unsaturated/α-hetero) is 1. The van der Waals surface area contributed by atoms with Gasteiger partial charge in [0, 0.05) is 57.0 Å². The second-order valence-electron chi connectivity index (χ2n) is 10.8. The first kappa shape index (κ1) is 27.5. The predicted octanol–water partition coefficient (Wildman–Crippen LogP) is 6.43. The fraction of sp³-hybridized carbons (Fsp3) is 0.594. The Morgan fingerprint density at radius 3 is 2.51 bits per heavy atom. The van der Waals surface area contributed by atoms with Crippen LogP contribution < -0.4 is 4.90 Å². The molecule has 37 heavy (non-hydrogen) atoms. The minimum absolute atomic E-state index is 0.355. The topological polar surface area (TPSA) is 49.3 Å². The van der Waals surface area contributed by atoms with Crippen LogP contribution in [0.15, 0.2) is 36.5 Å². The van der Waals surface area contributed by atoms with Gasteiger partial charge in [0.05, 0.1) is 0 Å². The second-order valence-corrected chi connectivity index (χ2v) is 10.8. The van der Waals surface area contributed by atoms with Crippen LogP contribution in [0.1, 0.15) is 87.6 Å². The van der Waals surface area contributed by atoms with Crippen LogP contribution in [0.4, 0.5) is 5.95 Å². The van der Waals surface area contributed by atoms with Gasteiger partial charge in [-0.15, -0.1) is 0 Å². The molecule has 5 nitrogen and oxygen atoms in total. The molecule has 0 amide bonds. The summed E-state index contributed by atoms with van der Waals surface area (Å²) in [5.74, 6) is 1.73. The van der Waals surface area contributed by atoms with Gasteiger partial charge in [0.15, 0.2) is 0 Å². The largest absolute Gasteiger partial charge is 0.338 e. The number of hydrogen-bond donors (Lipinski definition) is 0. The Morgan fingerprint density at radius 2 is 1.78 bits per heavy atom. The highest BCUT2D eigenvalue weighted by atomic mass is 16.1. The van der Waals surface area contributed by atoms with E-state index in [9.17, 15) is 4.79 Å². The lowest BCUT2D eigenvalue weighted by Crippen LogP contribution is -2.52. The lowest BCUT2D eigenvalue weighted by atomic mass is 9.86. The van der Waals surface area contributed by atoms with E-state index in [0.29, 0.717) is 24.5 Å². The molecule has 0 radical (unpaired) electrons. The van der Waals surface area contributed by atoms with Crippen LogP contribution in [-0.4, -0.2) is 52.9 Å². The normalized spacial score (nSPS) is 20.8. The Balaban J connectivity index is 0.00000156. The molecule has 5 heteroatoms. The van der Waals surface area contributed by atoms with Gasteiger partial charge in [-0.05, 0) is 74.5 Å². The molecular weight excluding hydrogens is 456 g/mol. The number of carbonyl (C=O) groups is 1. The number of aromatic nitrogens is 2. The van der Waals surface area contributed by atoms with Crippen molar-refractivity contribution in [3.05, 3.63) is 58.9 Å². The van der Waals surface area contributed by atoms with Gasteiger partial charge in [-0.3, -0.25) is 9.69 Å². The number of piperazine rings is 1. The van der Waals surface area contributed by atoms with Crippen LogP contribution in [0, 0.1) is 12.8 Å². The number of anilines is 1. The van der Waals surface area contributed by atoms with Crippen molar-refractivity contribution in [1.82, 2.24) is 14.9 Å². The van der Waals surface area contributed by atoms with Crippen molar-refractivity contribution in [2.24, 2.45) is 5.92 Å². The van der Waals surface area contributed by atoms with E-state index in [0.717, 1.165) is 70.3 Å². The minimum Gasteiger partial charge on any atom is -0.338 e. The minimum atomic E-state index is 0.355. The maximum atomic E-state index is 12.7. The summed E-state index contributed by atoms with van der Waals surface area (Å²) in [5, 5.41) is 0. The molecule has 1 aliphatic heterocycles. The molecule has 2 aromatic rings. The van der Waals surface area contributed by atoms with E-state index in [-0.39, 0.29) is 0 Å². The van der Waals surface area contributed by atoms with E-state index < -0.39 is 0 Å². The van der Waals surface area contributed by atoms with E-state index in [2.05, 4.69) is 47.2 Å². The number of carbonyl (C=O) groups excluding carboxylic acids is 1. The van der Waals surface area contributed by atoms with Crippen LogP contribution in [0.5, 0.6) is 0 Å². The number of fused-ring (bicyclic) bond motifs is 1. The Bertz CT molecular complexity index is 1040. The molecule has 0 spiro atoms. The first-order valence-electron chi connectivity index (χ1n) is 14.7. The maximum absolute atomic E-state index is 12.7. The van der Waals surface area contributed by atoms with Gasteiger partial charge >= 0.3 is 0 Å². The molecular formula is C32H46N4O. The monoisotopic (exact) mass is 502 g/mol. The first-order valence-corrected chi connectivity index (χ1v) is 14.7. The third-order valence-electron chi connectivity index (χ3n) is 8.33. The highest BCUT2D eigenvalue weighted by molar-refractivity contribution is 5.81. The van der Waals surface area contributed by atoms with Crippen molar-refractivity contribution in [1.29, 1.82) is 0 Å². The molecule has 1 aromatic carbocycles. The number of nitrogens with zero attached hydrogens (tertiary/aromatic N) is 4. The van der Waals surface area contributed by atoms with E-state index in [1.807, 2.05) is 26.0 Å². The van der Waals surface area contributed by atoms with Crippen molar-refractivity contribution >= 4 is 17.8 Å². The first-order chi connectivity index (χ1) is 18.2. The van der Waals surface area contributed by atoms with Gasteiger partial charge < -0.3 is 4.90 Å². The van der Waals surface area contributed by atoms with Crippen LogP contribution in [0.2, 0.25) is 0 Å². The zero-order valence-corrected chi connectivity index (χ0v) is 23.3. The summed E-state index contributed by atoms with van der Waals surface area (Å²) in [6.45, 7) is 10.4. The van der Waals surface area contributed by atoms with Crippen molar-refractivity contribution in [2.45, 2.75) is 91.0 Å². The molecule has 3 aliphatic rings. The number of allylic oxidation sites excluding steroid dienone is 1. The van der Waals surface area contributed by atoms with Crippen LogP contribution >= 0.6 is 0 Å². The highest BCUT2D eigenvalue weighted by Gasteiger charge is 2.29. The second kappa shape index (κ2) is 13.9. The van der Waals surface area contributed by atoms with Gasteiger partial charge in [0.25, 0.3) is 0 Å². The summed E-state index contributed by atoms with van der Waals surface area (Å²) in [4.78, 5) is 27.5. The summed E-state index contributed by atoms with van der Waals surface area (Å²) >= 11 is 0. The summed E-state index contributed by atoms with van der Waals surface area (Å²) in [6.07, 6.45) is 16.9. The molecule has 2 fully saturated rings. The Morgan fingerprint density at radius 1 is 1.00 bits per heavy atom. The Kier molecular flexibility index (Phi) is 10.3. The number of ketones is 1. The molecule has 1 aromatic heterocycles. The lowest BCUT2D eigenvalue weighted by Gasteiger charge is -2.43. The average molecular weight is 503 g/mol. The van der Waals surface area contributed by atoms with E-state index in [4.69, 9.17) is 9.97 Å². The molecule has 2 aliphatic carbocycles. The number of aryl methyl sites for hydroxylation is 3. The predicted molar refractivity (Wildman–Crippen MR) is 154 cm³/mol. The summed E-state index contributed by atoms with van der Waals surface area (Å²) in [6, 6.07) is 9.14. The van der Waals surface area contributed by atoms with Crippen molar-refractivity contribution < 1.29 is 4.79 Å². The zero-order valence-electron chi connectivity index (χ0n) is 23.3. The zero-order chi connectivity index (χ0) is 26.0. The molecule has 1 saturated carbocycles. The summed E-state index contributed by atoms with van der Waals surface area (Å²) in [5.41, 5.74) is 4.97. The van der Waals surface area contributed by atoms with Crippen LogP contribution in [0.25, 0.3) is 6.08 Å². The fourth-order valence-electron chi connectivity index (χ4n) is 5.82. The molecule has 1 saturated heterocycles. The average Bonchev–Trinajstić information content (AvgIpc) is 2.88. The maximum Gasteiger partial charge on any atom is 0.225 e. The summed E-state index contributed by atoms with van der Waals surface area (Å²) < 4.78 is 0. The fourth-order valence-corrected chi connectivity index (χ4v) is 5.82. The van der Waals surface area contributed by atoms with Gasteiger partial charge in [0.2, 0.25) is 5.95 Å². The third-order valence-corrected chi connectivity index (χ3v) is 8.33. The Labute approximate surface area is 224 Å². The molecule has 2 heterocycles. The van der Waals surface area contributed by atoms with Gasteiger partial charge in [-0.25, -0.2) is 9.97 Å². The van der Waals surface area contributed by atoms with Crippen LogP contribution in [0.3, 0.4) is 0 Å². The number of hydrogen-bond acceptors (Lipinski definition) is 5. The third kappa shape index (κ3) is 7.50. The smallest absolute Gasteiger partial charge is 0.225 e. The quantitative estimate of drug-likeness (QED) is 0.436. The number of rotatable bonds is 7. The van der Waals surface area contributed by atoms with Crippen LogP contribution in [-0.2, 0) is 17.6 Å². The molecule has 1 atom stereocenters. The van der Waals surface area contributed by atoms with Gasteiger partial charge in [-0.2, -0.15) is 0 Å². The molecule has 200 valence electrons. The molecule has 0 unspecified atom stereocenters. The van der Waals surface area contributed by atoms with Crippen molar-refractivity contribution in [3.63, 3.8) is 0 Å². The van der Waals surface area contributed by atoms with Crippen molar-refractivity contribution in [2.75, 3.05) is 31.1 Å². The van der Waals surface area contributed by atoms with Gasteiger partial charge in [-0.1, -0.05) is 56.7 Å². The number of benzene rings is 1. The molecule has 0 N–H and O–H groups in total. The standard InChI is InChI=1S/C30H40N4O.C2H6/c1-23-7-2-3-9-25(23)10-5-14-28(35)21-24-8-4-11-26-22-31-30(32-29(26)16-15-24)34-19-17-33(18-20-34)27-12-6-13-27;1-2/h2-3,5,7,9-10,22,24,27H,4,6,8,11-21H2,1H3;1-2H3/b10-5+;/t24-;/m0./s1. The highest BCUT2D eigenvalue weighted by Crippen LogP contribution is 2.28. The van der Waals surface area contributed by atoms with E-state index in [1.54, 1.807) is 0 Å². The van der Waals surface area contributed by atoms with Gasteiger partial charge in [0.1, 0.15) is 5.78 Å². The SMILES string of the molecule is CC.Cc1ccccc1/C=C/CC(=O)C[C@H]1CCCc2cnc(N3CCN(C4CCC4)CC3)nc2CC1. The summed E-state index contributed by atoms with van der Waals surface area (Å²) in [7, 11) is 0.